The van der Waals surface area contributed by atoms with Crippen molar-refractivity contribution in [1.29, 1.82) is 0 Å². The predicted octanol–water partition coefficient (Wildman–Crippen LogP) is 0.191. The van der Waals surface area contributed by atoms with Gasteiger partial charge in [0.05, 0.1) is 6.61 Å². The Morgan fingerprint density at radius 1 is 1.39 bits per heavy atom. The van der Waals surface area contributed by atoms with Gasteiger partial charge in [0.2, 0.25) is 5.60 Å². The number of likely N-dealkylation sites (tertiary alicyclic amines) is 1. The summed E-state index contributed by atoms with van der Waals surface area (Å²) in [7, 11) is 1.48. The molecular weight excluding hydrogens is 310 g/mol. The van der Waals surface area contributed by atoms with Gasteiger partial charge in [-0.1, -0.05) is 0 Å². The van der Waals surface area contributed by atoms with E-state index in [1.54, 1.807) is 0 Å². The molecule has 1 heterocycles. The van der Waals surface area contributed by atoms with E-state index in [0.29, 0.717) is 12.7 Å². The van der Waals surface area contributed by atoms with E-state index in [1.807, 2.05) is 0 Å². The van der Waals surface area contributed by atoms with Crippen LogP contribution < -0.4 is 5.32 Å². The third-order valence-corrected chi connectivity index (χ3v) is 3.70. The Kier molecular flexibility index (Phi) is 5.27. The van der Waals surface area contributed by atoms with Crippen LogP contribution in [0.1, 0.15) is 12.0 Å². The fourth-order valence-electron chi connectivity index (χ4n) is 2.43. The Morgan fingerprint density at radius 3 is 2.65 bits per heavy atom. The van der Waals surface area contributed by atoms with E-state index in [-0.39, 0.29) is 31.6 Å². The van der Waals surface area contributed by atoms with Gasteiger partial charge in [0, 0.05) is 39.2 Å². The quantitative estimate of drug-likeness (QED) is 0.731. The molecular formula is C15H18F2N2O4. The van der Waals surface area contributed by atoms with Gasteiger partial charge in [0.1, 0.15) is 11.6 Å². The van der Waals surface area contributed by atoms with Crippen LogP contribution in [0.4, 0.5) is 8.78 Å². The van der Waals surface area contributed by atoms with Gasteiger partial charge in [0.25, 0.3) is 11.8 Å². The van der Waals surface area contributed by atoms with Gasteiger partial charge in [0.15, 0.2) is 0 Å². The zero-order chi connectivity index (χ0) is 17.0. The molecule has 1 fully saturated rings. The van der Waals surface area contributed by atoms with Gasteiger partial charge in [-0.15, -0.1) is 0 Å². The minimum atomic E-state index is -2.15. The van der Waals surface area contributed by atoms with Crippen molar-refractivity contribution in [3.8, 4) is 0 Å². The van der Waals surface area contributed by atoms with Gasteiger partial charge in [-0.25, -0.2) is 8.78 Å². The monoisotopic (exact) mass is 328 g/mol. The van der Waals surface area contributed by atoms with Crippen LogP contribution in [0.5, 0.6) is 0 Å². The Bertz CT molecular complexity index is 591. The second-order valence-corrected chi connectivity index (χ2v) is 5.36. The summed E-state index contributed by atoms with van der Waals surface area (Å²) in [5.74, 6) is -3.11. The summed E-state index contributed by atoms with van der Waals surface area (Å²) in [5.41, 5.74) is -1.96. The highest BCUT2D eigenvalue weighted by molar-refractivity contribution is 6.09. The van der Waals surface area contributed by atoms with E-state index in [0.717, 1.165) is 12.1 Å². The van der Waals surface area contributed by atoms with Crippen molar-refractivity contribution in [2.75, 3.05) is 26.8 Å². The van der Waals surface area contributed by atoms with Gasteiger partial charge in [-0.05, 0) is 17.7 Å². The van der Waals surface area contributed by atoms with Crippen molar-refractivity contribution < 1.29 is 28.2 Å². The lowest BCUT2D eigenvalue weighted by molar-refractivity contribution is -0.154. The lowest BCUT2D eigenvalue weighted by atomic mass is 10.0. The number of carbonyl (C=O) groups is 2. The van der Waals surface area contributed by atoms with Gasteiger partial charge in [-0.2, -0.15) is 0 Å². The van der Waals surface area contributed by atoms with Crippen LogP contribution in [-0.2, 0) is 20.9 Å². The van der Waals surface area contributed by atoms with E-state index >= 15 is 0 Å². The number of methoxy groups -OCH3 is 1. The number of ether oxygens (including phenoxy) is 1. The van der Waals surface area contributed by atoms with Crippen LogP contribution in [0.15, 0.2) is 18.2 Å². The van der Waals surface area contributed by atoms with Crippen molar-refractivity contribution >= 4 is 11.8 Å². The zero-order valence-electron chi connectivity index (χ0n) is 12.6. The molecule has 1 unspecified atom stereocenters. The van der Waals surface area contributed by atoms with Crippen molar-refractivity contribution in [2.45, 2.75) is 18.6 Å². The summed E-state index contributed by atoms with van der Waals surface area (Å²) in [6.07, 6.45) is -0.0428. The van der Waals surface area contributed by atoms with Crippen molar-refractivity contribution in [3.05, 3.63) is 35.4 Å². The Balaban J connectivity index is 1.98. The number of aliphatic hydroxyl groups is 1. The van der Waals surface area contributed by atoms with E-state index in [4.69, 9.17) is 4.74 Å². The number of amides is 2. The number of hydrogen-bond acceptors (Lipinski definition) is 4. The summed E-state index contributed by atoms with van der Waals surface area (Å²) in [5, 5.41) is 12.6. The fourth-order valence-corrected chi connectivity index (χ4v) is 2.43. The summed E-state index contributed by atoms with van der Waals surface area (Å²) < 4.78 is 31.0. The third-order valence-electron chi connectivity index (χ3n) is 3.70. The lowest BCUT2D eigenvalue weighted by Crippen LogP contribution is -2.52. The second-order valence-electron chi connectivity index (χ2n) is 5.36. The Morgan fingerprint density at radius 2 is 2.04 bits per heavy atom. The van der Waals surface area contributed by atoms with E-state index < -0.39 is 29.0 Å². The van der Waals surface area contributed by atoms with E-state index in [2.05, 4.69) is 5.32 Å². The maximum Gasteiger partial charge on any atom is 0.264 e. The number of halogens is 2. The molecule has 8 heteroatoms. The van der Waals surface area contributed by atoms with Crippen molar-refractivity contribution in [1.82, 2.24) is 10.2 Å². The maximum absolute atomic E-state index is 13.1. The van der Waals surface area contributed by atoms with E-state index in [9.17, 15) is 23.5 Å². The summed E-state index contributed by atoms with van der Waals surface area (Å²) >= 11 is 0. The molecule has 1 aromatic carbocycles. The number of benzene rings is 1. The molecule has 126 valence electrons. The second kappa shape index (κ2) is 7.01. The molecule has 2 rings (SSSR count). The number of carbonyl (C=O) groups excluding carboxylic acids is 2. The number of hydrogen-bond donors (Lipinski definition) is 2. The highest BCUT2D eigenvalue weighted by atomic mass is 19.1. The van der Waals surface area contributed by atoms with Crippen LogP contribution in [-0.4, -0.2) is 54.2 Å². The van der Waals surface area contributed by atoms with Crippen LogP contribution in [0, 0.1) is 11.6 Å². The molecule has 0 aromatic heterocycles. The average Bonchev–Trinajstić information content (AvgIpc) is 2.79. The largest absolute Gasteiger partial charge is 0.383 e. The average molecular weight is 328 g/mol. The molecule has 1 aromatic rings. The van der Waals surface area contributed by atoms with E-state index in [1.165, 1.54) is 12.0 Å². The van der Waals surface area contributed by atoms with Crippen LogP contribution >= 0.6 is 0 Å². The number of rotatable bonds is 6. The molecule has 23 heavy (non-hydrogen) atoms. The summed E-state index contributed by atoms with van der Waals surface area (Å²) in [6, 6.07) is 2.84. The molecule has 0 saturated carbocycles. The fraction of sp³-hybridized carbons (Fsp3) is 0.467. The van der Waals surface area contributed by atoms with Gasteiger partial charge in [-0.3, -0.25) is 9.59 Å². The minimum Gasteiger partial charge on any atom is -0.383 e. The van der Waals surface area contributed by atoms with Crippen molar-refractivity contribution in [3.63, 3.8) is 0 Å². The molecule has 2 N–H and O–H groups in total. The smallest absolute Gasteiger partial charge is 0.264 e. The van der Waals surface area contributed by atoms with Crippen LogP contribution in [0.3, 0.4) is 0 Å². The number of nitrogens with zero attached hydrogens (tertiary/aromatic N) is 1. The Labute approximate surface area is 132 Å². The molecule has 1 saturated heterocycles. The number of nitrogens with one attached hydrogen (secondary N) is 1. The first kappa shape index (κ1) is 17.3. The molecule has 0 radical (unpaired) electrons. The molecule has 1 atom stereocenters. The normalized spacial score (nSPS) is 20.9. The summed E-state index contributed by atoms with van der Waals surface area (Å²) in [4.78, 5) is 25.6. The SMILES string of the molecule is COCCN1CCC(O)(C(=O)NCc2cc(F)cc(F)c2)C1=O. The van der Waals surface area contributed by atoms with Crippen molar-refractivity contribution in [2.24, 2.45) is 0 Å². The Hall–Kier alpha value is -2.06. The maximum atomic E-state index is 13.1. The summed E-state index contributed by atoms with van der Waals surface area (Å²) in [6.45, 7) is 0.619. The van der Waals surface area contributed by atoms with Gasteiger partial charge >= 0.3 is 0 Å². The third kappa shape index (κ3) is 3.83. The predicted molar refractivity (Wildman–Crippen MR) is 76.2 cm³/mol. The molecule has 6 nitrogen and oxygen atoms in total. The standard InChI is InChI=1S/C15H18F2N2O4/c1-23-5-4-19-3-2-15(22,14(19)21)13(20)18-9-10-6-11(16)8-12(17)7-10/h6-8,22H,2-5,9H2,1H3,(H,18,20). The molecule has 1 aliphatic rings. The first-order valence-electron chi connectivity index (χ1n) is 7.11. The zero-order valence-corrected chi connectivity index (χ0v) is 12.6. The first-order chi connectivity index (χ1) is 10.9. The topological polar surface area (TPSA) is 78.9 Å². The molecule has 2 amide bonds. The molecule has 0 bridgehead atoms. The molecule has 0 spiro atoms. The van der Waals surface area contributed by atoms with Crippen LogP contribution in [0.2, 0.25) is 0 Å². The van der Waals surface area contributed by atoms with Crippen LogP contribution in [0.25, 0.3) is 0 Å². The van der Waals surface area contributed by atoms with Gasteiger partial charge < -0.3 is 20.1 Å². The highest BCUT2D eigenvalue weighted by Gasteiger charge is 2.50. The minimum absolute atomic E-state index is 0.0428. The molecule has 0 aliphatic carbocycles. The lowest BCUT2D eigenvalue weighted by Gasteiger charge is -2.21. The first-order valence-corrected chi connectivity index (χ1v) is 7.11. The molecule has 1 aliphatic heterocycles. The highest BCUT2D eigenvalue weighted by Crippen LogP contribution is 2.23.